The van der Waals surface area contributed by atoms with Gasteiger partial charge in [0.25, 0.3) is 0 Å². The Morgan fingerprint density at radius 2 is 2.24 bits per heavy atom. The lowest BCUT2D eigenvalue weighted by atomic mass is 10.1. The SMILES string of the molecule is Cc1cccc(NC(=O)C2CNNC2N)c1C. The van der Waals surface area contributed by atoms with Crippen LogP contribution in [0.25, 0.3) is 0 Å². The Morgan fingerprint density at radius 3 is 2.88 bits per heavy atom. The number of amides is 1. The fourth-order valence-electron chi connectivity index (χ4n) is 1.88. The average molecular weight is 234 g/mol. The van der Waals surface area contributed by atoms with Crippen molar-refractivity contribution in [3.05, 3.63) is 29.3 Å². The first-order valence-electron chi connectivity index (χ1n) is 5.70. The molecule has 0 saturated carbocycles. The highest BCUT2D eigenvalue weighted by Crippen LogP contribution is 2.19. The summed E-state index contributed by atoms with van der Waals surface area (Å²) in [5.41, 5.74) is 14.6. The lowest BCUT2D eigenvalue weighted by Gasteiger charge is -2.15. The number of hydrazine groups is 1. The molecule has 0 aliphatic carbocycles. The van der Waals surface area contributed by atoms with Gasteiger partial charge in [-0.2, -0.15) is 0 Å². The third-order valence-electron chi connectivity index (χ3n) is 3.22. The molecule has 5 N–H and O–H groups in total. The van der Waals surface area contributed by atoms with Crippen molar-refractivity contribution in [3.8, 4) is 0 Å². The maximum absolute atomic E-state index is 12.0. The summed E-state index contributed by atoms with van der Waals surface area (Å²) in [6.07, 6.45) is -0.333. The predicted molar refractivity (Wildman–Crippen MR) is 67.1 cm³/mol. The number of anilines is 1. The van der Waals surface area contributed by atoms with Crippen LogP contribution in [-0.4, -0.2) is 18.6 Å². The van der Waals surface area contributed by atoms with E-state index < -0.39 is 0 Å². The van der Waals surface area contributed by atoms with Crippen LogP contribution in [0.1, 0.15) is 11.1 Å². The summed E-state index contributed by atoms with van der Waals surface area (Å²) in [5, 5.41) is 2.92. The number of hydrogen-bond acceptors (Lipinski definition) is 4. The van der Waals surface area contributed by atoms with E-state index in [1.165, 1.54) is 0 Å². The highest BCUT2D eigenvalue weighted by atomic mass is 16.2. The van der Waals surface area contributed by atoms with Crippen LogP contribution in [0.15, 0.2) is 18.2 Å². The van der Waals surface area contributed by atoms with Crippen molar-refractivity contribution in [2.75, 3.05) is 11.9 Å². The molecular formula is C12H18N4O. The zero-order valence-corrected chi connectivity index (χ0v) is 10.1. The number of carbonyl (C=O) groups excluding carboxylic acids is 1. The molecule has 1 amide bonds. The number of benzene rings is 1. The minimum Gasteiger partial charge on any atom is -0.325 e. The smallest absolute Gasteiger partial charge is 0.231 e. The molecule has 2 atom stereocenters. The minimum absolute atomic E-state index is 0.0521. The molecule has 1 aliphatic rings. The molecule has 1 aromatic carbocycles. The highest BCUT2D eigenvalue weighted by Gasteiger charge is 2.30. The van der Waals surface area contributed by atoms with Gasteiger partial charge in [0.1, 0.15) is 0 Å². The second-order valence-corrected chi connectivity index (χ2v) is 4.39. The van der Waals surface area contributed by atoms with Gasteiger partial charge in [0.15, 0.2) is 0 Å². The van der Waals surface area contributed by atoms with Crippen LogP contribution in [0.4, 0.5) is 5.69 Å². The third kappa shape index (κ3) is 2.46. The van der Waals surface area contributed by atoms with Gasteiger partial charge in [-0.25, -0.2) is 5.43 Å². The summed E-state index contributed by atoms with van der Waals surface area (Å²) in [6, 6.07) is 5.86. The molecule has 0 aromatic heterocycles. The van der Waals surface area contributed by atoms with E-state index in [0.717, 1.165) is 16.8 Å². The van der Waals surface area contributed by atoms with E-state index in [0.29, 0.717) is 6.54 Å². The van der Waals surface area contributed by atoms with Gasteiger partial charge < -0.3 is 11.1 Å². The van der Waals surface area contributed by atoms with E-state index in [9.17, 15) is 4.79 Å². The summed E-state index contributed by atoms with van der Waals surface area (Å²) >= 11 is 0. The summed E-state index contributed by atoms with van der Waals surface area (Å²) in [6.45, 7) is 4.57. The first-order valence-corrected chi connectivity index (χ1v) is 5.70. The van der Waals surface area contributed by atoms with Crippen LogP contribution < -0.4 is 21.9 Å². The molecule has 5 heteroatoms. The van der Waals surface area contributed by atoms with Crippen molar-refractivity contribution in [1.82, 2.24) is 10.9 Å². The largest absolute Gasteiger partial charge is 0.325 e. The lowest BCUT2D eigenvalue weighted by molar-refractivity contribution is -0.119. The average Bonchev–Trinajstić information content (AvgIpc) is 2.71. The quantitative estimate of drug-likeness (QED) is 0.591. The summed E-state index contributed by atoms with van der Waals surface area (Å²) in [4.78, 5) is 12.0. The van der Waals surface area contributed by atoms with Gasteiger partial charge in [-0.1, -0.05) is 12.1 Å². The highest BCUT2D eigenvalue weighted by molar-refractivity contribution is 5.94. The van der Waals surface area contributed by atoms with Gasteiger partial charge in [-0.3, -0.25) is 10.2 Å². The molecule has 17 heavy (non-hydrogen) atoms. The molecule has 2 rings (SSSR count). The fourth-order valence-corrected chi connectivity index (χ4v) is 1.88. The summed E-state index contributed by atoms with van der Waals surface area (Å²) < 4.78 is 0. The van der Waals surface area contributed by atoms with Gasteiger partial charge in [0.2, 0.25) is 5.91 Å². The van der Waals surface area contributed by atoms with Crippen molar-refractivity contribution >= 4 is 11.6 Å². The second-order valence-electron chi connectivity index (χ2n) is 4.39. The molecule has 0 bridgehead atoms. The van der Waals surface area contributed by atoms with Crippen molar-refractivity contribution in [2.24, 2.45) is 11.7 Å². The third-order valence-corrected chi connectivity index (χ3v) is 3.22. The van der Waals surface area contributed by atoms with E-state index in [4.69, 9.17) is 5.73 Å². The number of carbonyl (C=O) groups is 1. The molecule has 1 saturated heterocycles. The first-order chi connectivity index (χ1) is 8.09. The number of nitrogens with one attached hydrogen (secondary N) is 3. The maximum Gasteiger partial charge on any atom is 0.231 e. The van der Waals surface area contributed by atoms with Gasteiger partial charge in [0.05, 0.1) is 12.1 Å². The van der Waals surface area contributed by atoms with Crippen LogP contribution in [0, 0.1) is 19.8 Å². The van der Waals surface area contributed by atoms with E-state index in [1.54, 1.807) is 0 Å². The van der Waals surface area contributed by atoms with E-state index in [1.807, 2.05) is 32.0 Å². The van der Waals surface area contributed by atoms with E-state index >= 15 is 0 Å². The Morgan fingerprint density at radius 1 is 1.47 bits per heavy atom. The molecule has 1 aromatic rings. The number of hydrogen-bond donors (Lipinski definition) is 4. The van der Waals surface area contributed by atoms with E-state index in [2.05, 4.69) is 16.2 Å². The predicted octanol–water partition coefficient (Wildman–Crippen LogP) is 0.251. The summed E-state index contributed by atoms with van der Waals surface area (Å²) in [7, 11) is 0. The number of aryl methyl sites for hydroxylation is 1. The van der Waals surface area contributed by atoms with Crippen LogP contribution in [0.5, 0.6) is 0 Å². The molecular weight excluding hydrogens is 216 g/mol. The van der Waals surface area contributed by atoms with Crippen molar-refractivity contribution in [3.63, 3.8) is 0 Å². The monoisotopic (exact) mass is 234 g/mol. The molecule has 0 radical (unpaired) electrons. The molecule has 1 aliphatic heterocycles. The van der Waals surface area contributed by atoms with Crippen molar-refractivity contribution in [1.29, 1.82) is 0 Å². The van der Waals surface area contributed by atoms with Gasteiger partial charge in [-0.15, -0.1) is 0 Å². The standard InChI is InChI=1S/C12H18N4O/c1-7-4-3-5-10(8(7)2)15-12(17)9-6-14-16-11(9)13/h3-5,9,11,14,16H,6,13H2,1-2H3,(H,15,17). The first kappa shape index (κ1) is 12.0. The van der Waals surface area contributed by atoms with Gasteiger partial charge in [0, 0.05) is 12.2 Å². The van der Waals surface area contributed by atoms with E-state index in [-0.39, 0.29) is 18.0 Å². The molecule has 1 heterocycles. The number of rotatable bonds is 2. The Bertz CT molecular complexity index is 433. The Hall–Kier alpha value is -1.43. The van der Waals surface area contributed by atoms with Crippen LogP contribution >= 0.6 is 0 Å². The minimum atomic E-state index is -0.333. The van der Waals surface area contributed by atoms with Gasteiger partial charge >= 0.3 is 0 Å². The molecule has 0 spiro atoms. The van der Waals surface area contributed by atoms with Gasteiger partial charge in [-0.05, 0) is 31.0 Å². The molecule has 92 valence electrons. The van der Waals surface area contributed by atoms with Crippen LogP contribution in [0.2, 0.25) is 0 Å². The fraction of sp³-hybridized carbons (Fsp3) is 0.417. The van der Waals surface area contributed by atoms with Crippen LogP contribution in [-0.2, 0) is 4.79 Å². The Labute approximate surface area is 101 Å². The normalized spacial score (nSPS) is 23.7. The lowest BCUT2D eigenvalue weighted by Crippen LogP contribution is -2.43. The molecule has 2 unspecified atom stereocenters. The van der Waals surface area contributed by atoms with Crippen LogP contribution in [0.3, 0.4) is 0 Å². The van der Waals surface area contributed by atoms with Crippen molar-refractivity contribution in [2.45, 2.75) is 20.0 Å². The second kappa shape index (κ2) is 4.83. The zero-order valence-electron chi connectivity index (χ0n) is 10.1. The molecule has 1 fully saturated rings. The van der Waals surface area contributed by atoms with Crippen molar-refractivity contribution < 1.29 is 4.79 Å². The zero-order chi connectivity index (χ0) is 12.4. The Kier molecular flexibility index (Phi) is 3.42. The molecule has 5 nitrogen and oxygen atoms in total. The topological polar surface area (TPSA) is 79.2 Å². The number of nitrogens with two attached hydrogens (primary N) is 1. The summed E-state index contributed by atoms with van der Waals surface area (Å²) in [5.74, 6) is -0.293. The maximum atomic E-state index is 12.0. The Balaban J connectivity index is 2.10.